The van der Waals surface area contributed by atoms with Crippen LogP contribution >= 0.6 is 0 Å². The van der Waals surface area contributed by atoms with E-state index in [-0.39, 0.29) is 6.10 Å². The van der Waals surface area contributed by atoms with Crippen LogP contribution in [0.5, 0.6) is 0 Å². The molecule has 70 valence electrons. The van der Waals surface area contributed by atoms with E-state index in [0.29, 0.717) is 0 Å². The lowest BCUT2D eigenvalue weighted by atomic mass is 10.2. The maximum absolute atomic E-state index is 9.14. The van der Waals surface area contributed by atoms with Crippen LogP contribution in [0.2, 0.25) is 0 Å². The van der Waals surface area contributed by atoms with Crippen molar-refractivity contribution in [3.8, 4) is 0 Å². The van der Waals surface area contributed by atoms with E-state index in [4.69, 9.17) is 5.11 Å². The molecule has 0 fully saturated rings. The Kier molecular flexibility index (Phi) is 8.14. The van der Waals surface area contributed by atoms with E-state index in [1.54, 1.807) is 0 Å². The molecule has 1 nitrogen and oxygen atoms in total. The highest BCUT2D eigenvalue weighted by Crippen LogP contribution is 1.96. The standard InChI is InChI=1S/C11H20O/c1-3-5-6-7-8-9-10-11(12)4-2/h7-12H,3-6H2,1-2H3/b8-7+,10-9+. The van der Waals surface area contributed by atoms with E-state index in [9.17, 15) is 0 Å². The number of rotatable bonds is 6. The maximum Gasteiger partial charge on any atom is 0.0721 e. The van der Waals surface area contributed by atoms with Crippen molar-refractivity contribution in [2.45, 2.75) is 45.6 Å². The summed E-state index contributed by atoms with van der Waals surface area (Å²) in [6, 6.07) is 0. The highest BCUT2D eigenvalue weighted by Gasteiger charge is 1.88. The van der Waals surface area contributed by atoms with Gasteiger partial charge in [0.05, 0.1) is 6.10 Å². The van der Waals surface area contributed by atoms with E-state index in [1.165, 1.54) is 12.8 Å². The first-order valence-electron chi connectivity index (χ1n) is 4.82. The van der Waals surface area contributed by atoms with Crippen molar-refractivity contribution >= 4 is 0 Å². The zero-order valence-electron chi connectivity index (χ0n) is 8.16. The summed E-state index contributed by atoms with van der Waals surface area (Å²) in [5, 5.41) is 9.14. The lowest BCUT2D eigenvalue weighted by Crippen LogP contribution is -1.97. The second kappa shape index (κ2) is 8.54. The number of allylic oxidation sites excluding steroid dienone is 3. The summed E-state index contributed by atoms with van der Waals surface area (Å²) in [4.78, 5) is 0. The van der Waals surface area contributed by atoms with Crippen LogP contribution in [0, 0.1) is 0 Å². The van der Waals surface area contributed by atoms with Crippen molar-refractivity contribution in [1.82, 2.24) is 0 Å². The molecule has 0 aromatic carbocycles. The van der Waals surface area contributed by atoms with Gasteiger partial charge < -0.3 is 5.11 Å². The number of hydrogen-bond donors (Lipinski definition) is 1. The number of hydrogen-bond acceptors (Lipinski definition) is 1. The van der Waals surface area contributed by atoms with Crippen molar-refractivity contribution in [3.05, 3.63) is 24.3 Å². The fraction of sp³-hybridized carbons (Fsp3) is 0.636. The quantitative estimate of drug-likeness (QED) is 0.477. The van der Waals surface area contributed by atoms with Gasteiger partial charge >= 0.3 is 0 Å². The molecule has 0 aliphatic heterocycles. The molecule has 1 unspecified atom stereocenters. The van der Waals surface area contributed by atoms with E-state index in [0.717, 1.165) is 12.8 Å². The second-order valence-corrected chi connectivity index (χ2v) is 2.93. The van der Waals surface area contributed by atoms with Crippen LogP contribution in [0.1, 0.15) is 39.5 Å². The van der Waals surface area contributed by atoms with E-state index in [2.05, 4.69) is 13.0 Å². The van der Waals surface area contributed by atoms with Gasteiger partial charge in [0.2, 0.25) is 0 Å². The maximum atomic E-state index is 9.14. The Morgan fingerprint density at radius 2 is 2.00 bits per heavy atom. The third-order valence-electron chi connectivity index (χ3n) is 1.72. The van der Waals surface area contributed by atoms with Crippen LogP contribution in [-0.4, -0.2) is 11.2 Å². The third-order valence-corrected chi connectivity index (χ3v) is 1.72. The smallest absolute Gasteiger partial charge is 0.0721 e. The second-order valence-electron chi connectivity index (χ2n) is 2.93. The molecule has 1 atom stereocenters. The summed E-state index contributed by atoms with van der Waals surface area (Å²) in [6.45, 7) is 4.15. The number of aliphatic hydroxyl groups excluding tert-OH is 1. The van der Waals surface area contributed by atoms with Gasteiger partial charge in [-0.15, -0.1) is 0 Å². The van der Waals surface area contributed by atoms with E-state index >= 15 is 0 Å². The van der Waals surface area contributed by atoms with Gasteiger partial charge in [-0.2, -0.15) is 0 Å². The Hall–Kier alpha value is -0.560. The Labute approximate surface area is 75.8 Å². The summed E-state index contributed by atoms with van der Waals surface area (Å²) in [5.41, 5.74) is 0. The zero-order chi connectivity index (χ0) is 9.23. The van der Waals surface area contributed by atoms with Crippen LogP contribution in [0.4, 0.5) is 0 Å². The summed E-state index contributed by atoms with van der Waals surface area (Å²) in [7, 11) is 0. The summed E-state index contributed by atoms with van der Waals surface area (Å²) >= 11 is 0. The average molecular weight is 168 g/mol. The average Bonchev–Trinajstić information content (AvgIpc) is 2.10. The topological polar surface area (TPSA) is 20.2 Å². The molecule has 0 heterocycles. The molecule has 0 radical (unpaired) electrons. The Morgan fingerprint density at radius 3 is 2.58 bits per heavy atom. The molecule has 0 spiro atoms. The molecule has 0 amide bonds. The van der Waals surface area contributed by atoms with Crippen LogP contribution in [0.3, 0.4) is 0 Å². The molecule has 0 saturated carbocycles. The van der Waals surface area contributed by atoms with Gasteiger partial charge in [-0.05, 0) is 12.8 Å². The molecule has 0 bridgehead atoms. The molecule has 0 saturated heterocycles. The molecule has 0 aliphatic rings. The number of aliphatic hydroxyl groups is 1. The van der Waals surface area contributed by atoms with Gasteiger partial charge in [0.25, 0.3) is 0 Å². The van der Waals surface area contributed by atoms with Crippen molar-refractivity contribution in [3.63, 3.8) is 0 Å². The molecule has 0 rings (SSSR count). The van der Waals surface area contributed by atoms with Crippen LogP contribution in [0.15, 0.2) is 24.3 Å². The first kappa shape index (κ1) is 11.4. The van der Waals surface area contributed by atoms with Gasteiger partial charge in [-0.1, -0.05) is 51.0 Å². The molecule has 1 N–H and O–H groups in total. The Morgan fingerprint density at radius 1 is 1.25 bits per heavy atom. The van der Waals surface area contributed by atoms with Gasteiger partial charge in [-0.3, -0.25) is 0 Å². The predicted molar refractivity (Wildman–Crippen MR) is 54.1 cm³/mol. The van der Waals surface area contributed by atoms with Crippen LogP contribution < -0.4 is 0 Å². The van der Waals surface area contributed by atoms with Crippen molar-refractivity contribution in [2.75, 3.05) is 0 Å². The fourth-order valence-electron chi connectivity index (χ4n) is 0.825. The van der Waals surface area contributed by atoms with Crippen molar-refractivity contribution < 1.29 is 5.11 Å². The van der Waals surface area contributed by atoms with Crippen LogP contribution in [-0.2, 0) is 0 Å². The first-order chi connectivity index (χ1) is 5.81. The van der Waals surface area contributed by atoms with Crippen molar-refractivity contribution in [2.24, 2.45) is 0 Å². The molecule has 0 aromatic heterocycles. The minimum Gasteiger partial charge on any atom is -0.389 e. The number of unbranched alkanes of at least 4 members (excludes halogenated alkanes) is 2. The zero-order valence-corrected chi connectivity index (χ0v) is 8.16. The molecule has 0 aliphatic carbocycles. The van der Waals surface area contributed by atoms with E-state index in [1.807, 2.05) is 25.2 Å². The van der Waals surface area contributed by atoms with Crippen molar-refractivity contribution in [1.29, 1.82) is 0 Å². The Balaban J connectivity index is 3.38. The fourth-order valence-corrected chi connectivity index (χ4v) is 0.825. The van der Waals surface area contributed by atoms with Gasteiger partial charge in [0.1, 0.15) is 0 Å². The molecular weight excluding hydrogens is 148 g/mol. The summed E-state index contributed by atoms with van der Waals surface area (Å²) in [5.74, 6) is 0. The summed E-state index contributed by atoms with van der Waals surface area (Å²) < 4.78 is 0. The van der Waals surface area contributed by atoms with Gasteiger partial charge in [0, 0.05) is 0 Å². The summed E-state index contributed by atoms with van der Waals surface area (Å²) in [6.07, 6.45) is 12.0. The lowest BCUT2D eigenvalue weighted by molar-refractivity contribution is 0.219. The molecule has 1 heteroatoms. The monoisotopic (exact) mass is 168 g/mol. The Bertz CT molecular complexity index is 136. The minimum atomic E-state index is -0.277. The van der Waals surface area contributed by atoms with Crippen LogP contribution in [0.25, 0.3) is 0 Å². The third kappa shape index (κ3) is 7.55. The lowest BCUT2D eigenvalue weighted by Gasteiger charge is -1.96. The molecule has 0 aromatic rings. The van der Waals surface area contributed by atoms with Gasteiger partial charge in [-0.25, -0.2) is 0 Å². The highest BCUT2D eigenvalue weighted by atomic mass is 16.3. The first-order valence-corrected chi connectivity index (χ1v) is 4.82. The minimum absolute atomic E-state index is 0.277. The normalized spacial score (nSPS) is 14.6. The molecular formula is C11H20O. The largest absolute Gasteiger partial charge is 0.389 e. The van der Waals surface area contributed by atoms with Gasteiger partial charge in [0.15, 0.2) is 0 Å². The molecule has 12 heavy (non-hydrogen) atoms. The SMILES string of the molecule is CCCC/C=C/C=C/C(O)CC. The predicted octanol–water partition coefficient (Wildman–Crippen LogP) is 3.06. The van der Waals surface area contributed by atoms with E-state index < -0.39 is 0 Å². The highest BCUT2D eigenvalue weighted by molar-refractivity contribution is 5.04.